The predicted molar refractivity (Wildman–Crippen MR) is 93.1 cm³/mol. The minimum Gasteiger partial charge on any atom is -0.383 e. The third kappa shape index (κ3) is 3.23. The molecule has 0 saturated carbocycles. The third-order valence-corrected chi connectivity index (χ3v) is 4.62. The number of fused-ring (bicyclic) bond motifs is 1. The molecule has 23 heavy (non-hydrogen) atoms. The molecule has 0 aromatic carbocycles. The quantitative estimate of drug-likeness (QED) is 0.704. The second-order valence-corrected chi connectivity index (χ2v) is 6.67. The van der Waals surface area contributed by atoms with Crippen molar-refractivity contribution < 1.29 is 0 Å². The fraction of sp³-hybridized carbons (Fsp3) is 0.400. The summed E-state index contributed by atoms with van der Waals surface area (Å²) >= 11 is 3.53. The summed E-state index contributed by atoms with van der Waals surface area (Å²) < 4.78 is 4.25. The number of aromatic nitrogens is 5. The van der Waals surface area contributed by atoms with Gasteiger partial charge in [-0.2, -0.15) is 14.7 Å². The molecule has 3 heterocycles. The topological polar surface area (TPSA) is 100 Å². The summed E-state index contributed by atoms with van der Waals surface area (Å²) in [6.07, 6.45) is 8.00. The fourth-order valence-corrected chi connectivity index (χ4v) is 2.98. The number of nitrogens with zero attached hydrogens (tertiary/aromatic N) is 5. The van der Waals surface area contributed by atoms with Gasteiger partial charge in [-0.25, -0.2) is 4.98 Å². The van der Waals surface area contributed by atoms with E-state index in [0.29, 0.717) is 5.82 Å². The van der Waals surface area contributed by atoms with Gasteiger partial charge in [0.1, 0.15) is 5.82 Å². The lowest BCUT2D eigenvalue weighted by molar-refractivity contribution is 0.656. The van der Waals surface area contributed by atoms with Gasteiger partial charge in [0.05, 0.1) is 22.6 Å². The second-order valence-electron chi connectivity index (χ2n) is 5.88. The molecule has 1 unspecified atom stereocenters. The minimum absolute atomic E-state index is 0.126. The van der Waals surface area contributed by atoms with Gasteiger partial charge in [-0.05, 0) is 41.3 Å². The smallest absolute Gasteiger partial charge is 0.161 e. The monoisotopic (exact) mass is 377 g/mol. The zero-order chi connectivity index (χ0) is 16.6. The molecule has 122 valence electrons. The van der Waals surface area contributed by atoms with E-state index in [1.54, 1.807) is 9.20 Å². The van der Waals surface area contributed by atoms with Crippen molar-refractivity contribution in [2.45, 2.75) is 32.2 Å². The summed E-state index contributed by atoms with van der Waals surface area (Å²) in [7, 11) is 1.90. The van der Waals surface area contributed by atoms with Gasteiger partial charge in [-0.3, -0.25) is 4.68 Å². The zero-order valence-electron chi connectivity index (χ0n) is 13.2. The molecular formula is C15H20BrN7. The van der Waals surface area contributed by atoms with Gasteiger partial charge in [0.15, 0.2) is 5.65 Å². The maximum Gasteiger partial charge on any atom is 0.161 e. The molecular weight excluding hydrogens is 358 g/mol. The summed E-state index contributed by atoms with van der Waals surface area (Å²) in [5.74, 6) is 0.562. The molecule has 8 heteroatoms. The summed E-state index contributed by atoms with van der Waals surface area (Å²) in [5.41, 5.74) is 15.9. The fourth-order valence-electron chi connectivity index (χ4n) is 2.53. The number of rotatable bonds is 5. The van der Waals surface area contributed by atoms with Crippen LogP contribution in [0.1, 0.15) is 30.2 Å². The molecule has 0 aliphatic carbocycles. The van der Waals surface area contributed by atoms with Crippen molar-refractivity contribution in [1.29, 1.82) is 0 Å². The Balaban J connectivity index is 2.00. The third-order valence-electron chi connectivity index (χ3n) is 3.75. The Hall–Kier alpha value is -1.93. The van der Waals surface area contributed by atoms with Crippen LogP contribution in [0.15, 0.2) is 23.1 Å². The summed E-state index contributed by atoms with van der Waals surface area (Å²) in [6, 6.07) is 0.126. The van der Waals surface area contributed by atoms with E-state index >= 15 is 0 Å². The highest BCUT2D eigenvalue weighted by Gasteiger charge is 2.16. The second kappa shape index (κ2) is 6.29. The Labute approximate surface area is 142 Å². The lowest BCUT2D eigenvalue weighted by atomic mass is 10.1. The highest BCUT2D eigenvalue weighted by Crippen LogP contribution is 2.27. The molecule has 0 aliphatic rings. The Morgan fingerprint density at radius 2 is 2.09 bits per heavy atom. The minimum atomic E-state index is 0.126. The first-order valence-corrected chi connectivity index (χ1v) is 8.28. The molecule has 3 rings (SSSR count). The van der Waals surface area contributed by atoms with Crippen LogP contribution in [0.5, 0.6) is 0 Å². The number of halogens is 1. The molecule has 0 radical (unpaired) electrons. The summed E-state index contributed by atoms with van der Waals surface area (Å²) in [6.45, 7) is 1.99. The maximum absolute atomic E-state index is 6.20. The number of nitrogens with two attached hydrogens (primary N) is 2. The molecule has 3 aromatic heterocycles. The predicted octanol–water partition coefficient (Wildman–Crippen LogP) is 1.68. The molecule has 1 atom stereocenters. The van der Waals surface area contributed by atoms with Gasteiger partial charge in [-0.15, -0.1) is 0 Å². The van der Waals surface area contributed by atoms with Crippen molar-refractivity contribution in [3.05, 3.63) is 39.9 Å². The van der Waals surface area contributed by atoms with Crippen LogP contribution in [0.2, 0.25) is 0 Å². The number of anilines is 1. The zero-order valence-corrected chi connectivity index (χ0v) is 14.8. The van der Waals surface area contributed by atoms with Crippen LogP contribution < -0.4 is 11.5 Å². The van der Waals surface area contributed by atoms with E-state index < -0.39 is 0 Å². The Morgan fingerprint density at radius 3 is 2.74 bits per heavy atom. The van der Waals surface area contributed by atoms with Crippen molar-refractivity contribution >= 4 is 27.4 Å². The standard InChI is InChI=1S/C15H20BrN7/c1-9(17)3-4-12-13(16)14(18)23-15(21-12)11(7-20-23)5-10-6-19-22(2)8-10/h6-9H,3-5,17-18H2,1-2H3. The number of nitrogen functional groups attached to an aromatic ring is 1. The Bertz CT molecular complexity index is 834. The van der Waals surface area contributed by atoms with Gasteiger partial charge in [0, 0.05) is 31.3 Å². The van der Waals surface area contributed by atoms with Crippen LogP contribution >= 0.6 is 15.9 Å². The van der Waals surface area contributed by atoms with E-state index in [1.807, 2.05) is 32.6 Å². The Kier molecular flexibility index (Phi) is 4.36. The van der Waals surface area contributed by atoms with Crippen LogP contribution in [0.4, 0.5) is 5.82 Å². The number of hydrogen-bond donors (Lipinski definition) is 2. The summed E-state index contributed by atoms with van der Waals surface area (Å²) in [4.78, 5) is 4.76. The van der Waals surface area contributed by atoms with E-state index in [2.05, 4.69) is 26.1 Å². The van der Waals surface area contributed by atoms with E-state index in [9.17, 15) is 0 Å². The average Bonchev–Trinajstić information content (AvgIpc) is 3.08. The first-order valence-electron chi connectivity index (χ1n) is 7.49. The van der Waals surface area contributed by atoms with E-state index in [-0.39, 0.29) is 6.04 Å². The molecule has 0 spiro atoms. The van der Waals surface area contributed by atoms with Gasteiger partial charge in [0.25, 0.3) is 0 Å². The van der Waals surface area contributed by atoms with Gasteiger partial charge in [0.2, 0.25) is 0 Å². The maximum atomic E-state index is 6.20. The first kappa shape index (κ1) is 15.9. The molecule has 3 aromatic rings. The largest absolute Gasteiger partial charge is 0.383 e. The van der Waals surface area contributed by atoms with Gasteiger partial charge in [-0.1, -0.05) is 0 Å². The van der Waals surface area contributed by atoms with Crippen molar-refractivity contribution in [2.75, 3.05) is 5.73 Å². The van der Waals surface area contributed by atoms with Crippen LogP contribution in [0.3, 0.4) is 0 Å². The van der Waals surface area contributed by atoms with Gasteiger partial charge < -0.3 is 11.5 Å². The summed E-state index contributed by atoms with van der Waals surface area (Å²) in [5, 5.41) is 8.56. The van der Waals surface area contributed by atoms with Crippen LogP contribution in [0.25, 0.3) is 5.65 Å². The first-order chi connectivity index (χ1) is 11.0. The number of hydrogen-bond acceptors (Lipinski definition) is 5. The molecule has 0 saturated heterocycles. The highest BCUT2D eigenvalue weighted by molar-refractivity contribution is 9.10. The van der Waals surface area contributed by atoms with Gasteiger partial charge >= 0.3 is 0 Å². The van der Waals surface area contributed by atoms with Crippen molar-refractivity contribution in [2.24, 2.45) is 12.8 Å². The van der Waals surface area contributed by atoms with Crippen molar-refractivity contribution in [1.82, 2.24) is 24.4 Å². The van der Waals surface area contributed by atoms with E-state index in [1.165, 1.54) is 0 Å². The highest BCUT2D eigenvalue weighted by atomic mass is 79.9. The SMILES string of the molecule is CC(N)CCc1nc2c(Cc3cnn(C)c3)cnn2c(N)c1Br. The van der Waals surface area contributed by atoms with Crippen molar-refractivity contribution in [3.63, 3.8) is 0 Å². The van der Waals surface area contributed by atoms with E-state index in [4.69, 9.17) is 16.5 Å². The molecule has 7 nitrogen and oxygen atoms in total. The average molecular weight is 378 g/mol. The lowest BCUT2D eigenvalue weighted by Gasteiger charge is -2.10. The molecule has 0 fully saturated rings. The molecule has 0 bridgehead atoms. The molecule has 0 aliphatic heterocycles. The van der Waals surface area contributed by atoms with Crippen LogP contribution in [-0.2, 0) is 19.9 Å². The number of aryl methyl sites for hydroxylation is 2. The molecule has 0 amide bonds. The van der Waals surface area contributed by atoms with Crippen LogP contribution in [0, 0.1) is 0 Å². The van der Waals surface area contributed by atoms with E-state index in [0.717, 1.165) is 46.2 Å². The van der Waals surface area contributed by atoms with Crippen LogP contribution in [-0.4, -0.2) is 30.4 Å². The Morgan fingerprint density at radius 1 is 1.30 bits per heavy atom. The van der Waals surface area contributed by atoms with Crippen molar-refractivity contribution in [3.8, 4) is 0 Å². The normalized spacial score (nSPS) is 12.9. The lowest BCUT2D eigenvalue weighted by Crippen LogP contribution is -2.16. The molecule has 4 N–H and O–H groups in total.